The highest BCUT2D eigenvalue weighted by Crippen LogP contribution is 2.13. The lowest BCUT2D eigenvalue weighted by Gasteiger charge is -2.23. The van der Waals surface area contributed by atoms with E-state index < -0.39 is 0 Å². The van der Waals surface area contributed by atoms with E-state index >= 15 is 0 Å². The summed E-state index contributed by atoms with van der Waals surface area (Å²) in [5.74, 6) is 0.678. The largest absolute Gasteiger partial charge is 0.375 e. The van der Waals surface area contributed by atoms with E-state index in [2.05, 4.69) is 18.8 Å². The molecule has 5 heteroatoms. The van der Waals surface area contributed by atoms with Crippen LogP contribution in [0.3, 0.4) is 0 Å². The summed E-state index contributed by atoms with van der Waals surface area (Å²) in [6.45, 7) is 7.89. The van der Waals surface area contributed by atoms with Gasteiger partial charge in [-0.05, 0) is 12.8 Å². The van der Waals surface area contributed by atoms with Crippen LogP contribution in [0.25, 0.3) is 0 Å². The number of aromatic nitrogens is 1. The van der Waals surface area contributed by atoms with Gasteiger partial charge in [0.15, 0.2) is 5.13 Å². The predicted molar refractivity (Wildman–Crippen MR) is 71.9 cm³/mol. The monoisotopic (exact) mass is 255 g/mol. The zero-order chi connectivity index (χ0) is 12.8. The molecule has 0 aliphatic heterocycles. The van der Waals surface area contributed by atoms with Crippen molar-refractivity contribution in [2.45, 2.75) is 33.6 Å². The van der Waals surface area contributed by atoms with Crippen molar-refractivity contribution in [2.24, 2.45) is 5.92 Å². The molecule has 1 aromatic rings. The minimum absolute atomic E-state index is 0.137. The average molecular weight is 255 g/mol. The van der Waals surface area contributed by atoms with Crippen LogP contribution in [0.4, 0.5) is 5.13 Å². The lowest BCUT2D eigenvalue weighted by Crippen LogP contribution is -2.35. The number of amides is 1. The third kappa shape index (κ3) is 4.34. The predicted octanol–water partition coefficient (Wildman–Crippen LogP) is 2.16. The van der Waals surface area contributed by atoms with Crippen molar-refractivity contribution in [1.82, 2.24) is 9.88 Å². The van der Waals surface area contributed by atoms with Crippen molar-refractivity contribution in [2.75, 3.05) is 18.8 Å². The summed E-state index contributed by atoms with van der Waals surface area (Å²) in [4.78, 5) is 18.1. The topological polar surface area (TPSA) is 59.2 Å². The number of thiazole rings is 1. The maximum atomic E-state index is 12.1. The van der Waals surface area contributed by atoms with Gasteiger partial charge in [-0.15, -0.1) is 11.3 Å². The first-order valence-corrected chi connectivity index (χ1v) is 6.92. The number of hydrogen-bond donors (Lipinski definition) is 1. The van der Waals surface area contributed by atoms with Gasteiger partial charge in [0, 0.05) is 18.5 Å². The van der Waals surface area contributed by atoms with Gasteiger partial charge in [0.05, 0.1) is 12.1 Å². The number of hydrogen-bond acceptors (Lipinski definition) is 4. The van der Waals surface area contributed by atoms with E-state index in [1.165, 1.54) is 11.3 Å². The quantitative estimate of drug-likeness (QED) is 0.847. The lowest BCUT2D eigenvalue weighted by atomic mass is 10.1. The molecule has 0 aliphatic carbocycles. The van der Waals surface area contributed by atoms with Crippen molar-refractivity contribution in [3.05, 3.63) is 11.1 Å². The van der Waals surface area contributed by atoms with Gasteiger partial charge in [-0.1, -0.05) is 20.3 Å². The summed E-state index contributed by atoms with van der Waals surface area (Å²) < 4.78 is 0. The molecule has 0 spiro atoms. The Labute approximate surface area is 107 Å². The van der Waals surface area contributed by atoms with Crippen LogP contribution in [0, 0.1) is 5.92 Å². The minimum Gasteiger partial charge on any atom is -0.375 e. The molecule has 0 aromatic carbocycles. The second-order valence-corrected chi connectivity index (χ2v) is 5.19. The molecule has 0 aliphatic rings. The van der Waals surface area contributed by atoms with Gasteiger partial charge in [0.25, 0.3) is 0 Å². The standard InChI is InChI=1S/C12H21N3OS/c1-4-9(3)7-15(5-2)11(16)6-10-8-17-12(13)14-10/h8-9H,4-7H2,1-3H3,(H2,13,14). The Kier molecular flexibility index (Phi) is 5.41. The van der Waals surface area contributed by atoms with Crippen molar-refractivity contribution in [3.8, 4) is 0 Å². The second kappa shape index (κ2) is 6.59. The van der Waals surface area contributed by atoms with Gasteiger partial charge in [-0.2, -0.15) is 0 Å². The summed E-state index contributed by atoms with van der Waals surface area (Å²) in [6, 6.07) is 0. The molecule has 2 N–H and O–H groups in total. The fraction of sp³-hybridized carbons (Fsp3) is 0.667. The van der Waals surface area contributed by atoms with Crippen LogP contribution in [-0.2, 0) is 11.2 Å². The van der Waals surface area contributed by atoms with Gasteiger partial charge in [-0.3, -0.25) is 4.79 Å². The zero-order valence-corrected chi connectivity index (χ0v) is 11.6. The number of nitrogens with two attached hydrogens (primary N) is 1. The minimum atomic E-state index is 0.137. The number of anilines is 1. The number of rotatable bonds is 6. The summed E-state index contributed by atoms with van der Waals surface area (Å²) in [6.07, 6.45) is 1.45. The molecule has 0 fully saturated rings. The van der Waals surface area contributed by atoms with E-state index in [9.17, 15) is 4.79 Å². The summed E-state index contributed by atoms with van der Waals surface area (Å²) in [7, 11) is 0. The Bertz CT molecular complexity index is 364. The van der Waals surface area contributed by atoms with Crippen molar-refractivity contribution in [1.29, 1.82) is 0 Å². The van der Waals surface area contributed by atoms with E-state index in [4.69, 9.17) is 5.73 Å². The molecule has 96 valence electrons. The van der Waals surface area contributed by atoms with Gasteiger partial charge in [0.2, 0.25) is 5.91 Å². The molecule has 1 amide bonds. The van der Waals surface area contributed by atoms with Gasteiger partial charge in [0.1, 0.15) is 0 Å². The van der Waals surface area contributed by atoms with E-state index in [1.54, 1.807) is 0 Å². The first-order valence-electron chi connectivity index (χ1n) is 6.04. The first kappa shape index (κ1) is 14.0. The van der Waals surface area contributed by atoms with Crippen LogP contribution in [0.1, 0.15) is 32.9 Å². The molecule has 1 heterocycles. The molecule has 4 nitrogen and oxygen atoms in total. The average Bonchev–Trinajstić information content (AvgIpc) is 2.70. The SMILES string of the molecule is CCC(C)CN(CC)C(=O)Cc1csc(N)n1. The van der Waals surface area contributed by atoms with Gasteiger partial charge in [-0.25, -0.2) is 4.98 Å². The molecule has 1 rings (SSSR count). The first-order chi connectivity index (χ1) is 8.06. The van der Waals surface area contributed by atoms with Crippen molar-refractivity contribution < 1.29 is 4.79 Å². The molecular formula is C12H21N3OS. The van der Waals surface area contributed by atoms with Crippen LogP contribution in [0.2, 0.25) is 0 Å². The lowest BCUT2D eigenvalue weighted by molar-refractivity contribution is -0.130. The normalized spacial score (nSPS) is 12.4. The maximum Gasteiger partial charge on any atom is 0.228 e. The van der Waals surface area contributed by atoms with Crippen molar-refractivity contribution in [3.63, 3.8) is 0 Å². The molecule has 0 radical (unpaired) electrons. The molecule has 0 saturated carbocycles. The maximum absolute atomic E-state index is 12.1. The second-order valence-electron chi connectivity index (χ2n) is 4.30. The Hall–Kier alpha value is -1.10. The Morgan fingerprint density at radius 2 is 2.29 bits per heavy atom. The van der Waals surface area contributed by atoms with Crippen LogP contribution in [0.15, 0.2) is 5.38 Å². The molecule has 1 unspecified atom stereocenters. The highest BCUT2D eigenvalue weighted by Gasteiger charge is 2.15. The van der Waals surface area contributed by atoms with E-state index in [0.717, 1.165) is 25.2 Å². The Morgan fingerprint density at radius 3 is 2.76 bits per heavy atom. The fourth-order valence-electron chi connectivity index (χ4n) is 1.58. The Morgan fingerprint density at radius 1 is 1.59 bits per heavy atom. The van der Waals surface area contributed by atoms with E-state index in [0.29, 0.717) is 17.5 Å². The highest BCUT2D eigenvalue weighted by atomic mass is 32.1. The summed E-state index contributed by atoms with van der Waals surface area (Å²) >= 11 is 1.38. The van der Waals surface area contributed by atoms with Gasteiger partial charge >= 0.3 is 0 Å². The molecule has 0 bridgehead atoms. The van der Waals surface area contributed by atoms with E-state index in [1.807, 2.05) is 17.2 Å². The molecular weight excluding hydrogens is 234 g/mol. The van der Waals surface area contributed by atoms with Crippen LogP contribution < -0.4 is 5.73 Å². The number of nitrogens with zero attached hydrogens (tertiary/aromatic N) is 2. The van der Waals surface area contributed by atoms with E-state index in [-0.39, 0.29) is 5.91 Å². The highest BCUT2D eigenvalue weighted by molar-refractivity contribution is 7.13. The Balaban J connectivity index is 2.54. The van der Waals surface area contributed by atoms with Crippen molar-refractivity contribution >= 4 is 22.4 Å². The summed E-state index contributed by atoms with van der Waals surface area (Å²) in [5, 5.41) is 2.38. The summed E-state index contributed by atoms with van der Waals surface area (Å²) in [5.41, 5.74) is 6.33. The number of carbonyl (C=O) groups excluding carboxylic acids is 1. The zero-order valence-electron chi connectivity index (χ0n) is 10.8. The number of carbonyl (C=O) groups is 1. The third-order valence-corrected chi connectivity index (χ3v) is 3.59. The van der Waals surface area contributed by atoms with Crippen LogP contribution in [-0.4, -0.2) is 28.9 Å². The smallest absolute Gasteiger partial charge is 0.228 e. The molecule has 1 atom stereocenters. The third-order valence-electron chi connectivity index (χ3n) is 2.87. The number of likely N-dealkylation sites (N-methyl/N-ethyl adjacent to an activating group) is 1. The van der Waals surface area contributed by atoms with Gasteiger partial charge < -0.3 is 10.6 Å². The molecule has 1 aromatic heterocycles. The fourth-order valence-corrected chi connectivity index (χ4v) is 2.15. The van der Waals surface area contributed by atoms with Crippen LogP contribution >= 0.6 is 11.3 Å². The van der Waals surface area contributed by atoms with Crippen LogP contribution in [0.5, 0.6) is 0 Å². The number of nitrogen functional groups attached to an aromatic ring is 1. The molecule has 17 heavy (non-hydrogen) atoms. The molecule has 0 saturated heterocycles.